The molecule has 0 fully saturated rings. The van der Waals surface area contributed by atoms with Crippen molar-refractivity contribution in [2.24, 2.45) is 0 Å². The molecule has 0 spiro atoms. The number of rotatable bonds is 8. The van der Waals surface area contributed by atoms with Crippen LogP contribution in [0.5, 0.6) is 0 Å². The number of anilines is 2. The Hall–Kier alpha value is -4.58. The third-order valence-electron chi connectivity index (χ3n) is 8.03. The summed E-state index contributed by atoms with van der Waals surface area (Å²) in [4.78, 5) is 6.86. The maximum Gasteiger partial charge on any atom is 0.147 e. The molecule has 0 aliphatic carbocycles. The van der Waals surface area contributed by atoms with Gasteiger partial charge in [0.1, 0.15) is 17.5 Å². The molecule has 0 saturated heterocycles. The smallest absolute Gasteiger partial charge is 0.147 e. The summed E-state index contributed by atoms with van der Waals surface area (Å²) in [5.41, 5.74) is 9.28. The Labute approximate surface area is 252 Å². The SMILES string of the molecule is Cc1cc(C)c(NC(C)c2cccc(C(C)N(C)c3c(F)cc(-c4ccc(F)cc4)cc3-c3ccc(F)cc3)n2)c(C)c1. The Morgan fingerprint density at radius 3 is 1.84 bits per heavy atom. The van der Waals surface area contributed by atoms with E-state index in [0.29, 0.717) is 27.9 Å². The predicted octanol–water partition coefficient (Wildman–Crippen LogP) is 10.1. The molecule has 0 saturated carbocycles. The van der Waals surface area contributed by atoms with Gasteiger partial charge in [-0.05, 0) is 111 Å². The van der Waals surface area contributed by atoms with Crippen molar-refractivity contribution in [2.45, 2.75) is 46.7 Å². The summed E-state index contributed by atoms with van der Waals surface area (Å²) >= 11 is 0. The van der Waals surface area contributed by atoms with Gasteiger partial charge in [0.2, 0.25) is 0 Å². The molecule has 43 heavy (non-hydrogen) atoms. The van der Waals surface area contributed by atoms with Crippen molar-refractivity contribution in [2.75, 3.05) is 17.3 Å². The molecule has 0 bridgehead atoms. The van der Waals surface area contributed by atoms with Crippen LogP contribution in [0.2, 0.25) is 0 Å². The summed E-state index contributed by atoms with van der Waals surface area (Å²) in [7, 11) is 1.84. The van der Waals surface area contributed by atoms with E-state index in [1.54, 1.807) is 24.3 Å². The minimum absolute atomic E-state index is 0.0564. The number of aryl methyl sites for hydroxylation is 3. The first-order valence-corrected chi connectivity index (χ1v) is 14.4. The van der Waals surface area contributed by atoms with Gasteiger partial charge in [-0.3, -0.25) is 4.98 Å². The molecule has 0 amide bonds. The fraction of sp³-hybridized carbons (Fsp3) is 0.216. The third-order valence-corrected chi connectivity index (χ3v) is 8.03. The van der Waals surface area contributed by atoms with Gasteiger partial charge in [-0.2, -0.15) is 0 Å². The summed E-state index contributed by atoms with van der Waals surface area (Å²) in [6, 6.07) is 25.2. The van der Waals surface area contributed by atoms with E-state index in [2.05, 4.69) is 45.1 Å². The van der Waals surface area contributed by atoms with Crippen LogP contribution in [-0.4, -0.2) is 12.0 Å². The van der Waals surface area contributed by atoms with E-state index in [0.717, 1.165) is 17.1 Å². The average molecular weight is 580 g/mol. The van der Waals surface area contributed by atoms with Gasteiger partial charge in [0, 0.05) is 18.3 Å². The second-order valence-electron chi connectivity index (χ2n) is 11.3. The van der Waals surface area contributed by atoms with Crippen LogP contribution in [0.4, 0.5) is 24.5 Å². The van der Waals surface area contributed by atoms with Gasteiger partial charge >= 0.3 is 0 Å². The van der Waals surface area contributed by atoms with Crippen molar-refractivity contribution >= 4 is 11.4 Å². The van der Waals surface area contributed by atoms with E-state index < -0.39 is 5.82 Å². The molecule has 4 aromatic carbocycles. The Morgan fingerprint density at radius 1 is 0.674 bits per heavy atom. The molecule has 1 N–H and O–H groups in total. The topological polar surface area (TPSA) is 28.2 Å². The quantitative estimate of drug-likeness (QED) is 0.198. The van der Waals surface area contributed by atoms with Crippen molar-refractivity contribution in [3.63, 3.8) is 0 Å². The molecular weight excluding hydrogens is 543 g/mol. The summed E-state index contributed by atoms with van der Waals surface area (Å²) in [6.45, 7) is 10.4. The second kappa shape index (κ2) is 12.3. The third kappa shape index (κ3) is 6.43. The highest BCUT2D eigenvalue weighted by molar-refractivity contribution is 5.84. The number of benzene rings is 4. The zero-order valence-electron chi connectivity index (χ0n) is 25.3. The molecule has 0 aliphatic rings. The highest BCUT2D eigenvalue weighted by atomic mass is 19.1. The van der Waals surface area contributed by atoms with Crippen LogP contribution in [0.1, 0.15) is 54.0 Å². The van der Waals surface area contributed by atoms with Gasteiger partial charge in [-0.15, -0.1) is 0 Å². The lowest BCUT2D eigenvalue weighted by Gasteiger charge is -2.30. The Kier molecular flexibility index (Phi) is 8.58. The molecule has 3 nitrogen and oxygen atoms in total. The Balaban J connectivity index is 1.50. The molecule has 220 valence electrons. The number of hydrogen-bond acceptors (Lipinski definition) is 3. The first kappa shape index (κ1) is 29.9. The summed E-state index contributed by atoms with van der Waals surface area (Å²) in [6.07, 6.45) is 0. The van der Waals surface area contributed by atoms with Crippen molar-refractivity contribution < 1.29 is 13.2 Å². The van der Waals surface area contributed by atoms with Crippen LogP contribution in [-0.2, 0) is 0 Å². The molecule has 1 heterocycles. The lowest BCUT2D eigenvalue weighted by atomic mass is 9.95. The molecule has 2 atom stereocenters. The van der Waals surface area contributed by atoms with Gasteiger partial charge in [-0.25, -0.2) is 13.2 Å². The number of pyridine rings is 1. The summed E-state index contributed by atoms with van der Waals surface area (Å²) < 4.78 is 43.5. The van der Waals surface area contributed by atoms with Gasteiger partial charge in [0.05, 0.1) is 29.2 Å². The Morgan fingerprint density at radius 2 is 1.23 bits per heavy atom. The van der Waals surface area contributed by atoms with Gasteiger partial charge < -0.3 is 10.2 Å². The monoisotopic (exact) mass is 579 g/mol. The maximum absolute atomic E-state index is 16.1. The van der Waals surface area contributed by atoms with Crippen LogP contribution in [0.3, 0.4) is 0 Å². The van der Waals surface area contributed by atoms with Crippen molar-refractivity contribution in [1.29, 1.82) is 0 Å². The van der Waals surface area contributed by atoms with Crippen molar-refractivity contribution in [3.05, 3.63) is 137 Å². The predicted molar refractivity (Wildman–Crippen MR) is 171 cm³/mol. The zero-order valence-corrected chi connectivity index (χ0v) is 25.3. The Bertz CT molecular complexity index is 1720. The standard InChI is InChI=1S/C37H36F3N3/c1-22-18-23(2)36(24(3)19-22)41-25(4)34-8-7-9-35(42-34)26(5)43(6)37-32(28-12-16-31(39)17-13-28)20-29(21-33(37)40)27-10-14-30(38)15-11-27/h7-21,25-26,41H,1-6H3. The highest BCUT2D eigenvalue weighted by Gasteiger charge is 2.23. The summed E-state index contributed by atoms with van der Waals surface area (Å²) in [5, 5.41) is 3.63. The van der Waals surface area contributed by atoms with E-state index in [4.69, 9.17) is 4.98 Å². The first-order valence-electron chi connectivity index (χ1n) is 14.4. The van der Waals surface area contributed by atoms with Crippen LogP contribution in [0.15, 0.2) is 91.0 Å². The van der Waals surface area contributed by atoms with E-state index in [1.165, 1.54) is 47.0 Å². The number of nitrogens with zero attached hydrogens (tertiary/aromatic N) is 2. The number of hydrogen-bond donors (Lipinski definition) is 1. The van der Waals surface area contributed by atoms with E-state index in [9.17, 15) is 8.78 Å². The molecule has 1 aromatic heterocycles. The van der Waals surface area contributed by atoms with Gasteiger partial charge in [0.15, 0.2) is 0 Å². The largest absolute Gasteiger partial charge is 0.377 e. The normalized spacial score (nSPS) is 12.6. The van der Waals surface area contributed by atoms with Crippen LogP contribution in [0.25, 0.3) is 22.3 Å². The van der Waals surface area contributed by atoms with Crippen LogP contribution < -0.4 is 10.2 Å². The number of nitrogens with one attached hydrogen (secondary N) is 1. The maximum atomic E-state index is 16.1. The lowest BCUT2D eigenvalue weighted by molar-refractivity contribution is 0.609. The molecule has 6 heteroatoms. The van der Waals surface area contributed by atoms with Gasteiger partial charge in [-0.1, -0.05) is 48.0 Å². The molecule has 5 aromatic rings. The van der Waals surface area contributed by atoms with Crippen molar-refractivity contribution in [3.8, 4) is 22.3 Å². The lowest BCUT2D eigenvalue weighted by Crippen LogP contribution is -2.25. The summed E-state index contributed by atoms with van der Waals surface area (Å²) in [5.74, 6) is -1.18. The zero-order chi connectivity index (χ0) is 30.8. The van der Waals surface area contributed by atoms with Crippen LogP contribution in [0, 0.1) is 38.2 Å². The molecule has 2 unspecified atom stereocenters. The van der Waals surface area contributed by atoms with Gasteiger partial charge in [0.25, 0.3) is 0 Å². The minimum Gasteiger partial charge on any atom is -0.377 e. The molecule has 0 aliphatic heterocycles. The van der Waals surface area contributed by atoms with E-state index >= 15 is 4.39 Å². The molecule has 5 rings (SSSR count). The molecular formula is C37H36F3N3. The molecule has 0 radical (unpaired) electrons. The van der Waals surface area contributed by atoms with Crippen LogP contribution >= 0.6 is 0 Å². The van der Waals surface area contributed by atoms with E-state index in [-0.39, 0.29) is 23.7 Å². The van der Waals surface area contributed by atoms with E-state index in [1.807, 2.05) is 43.1 Å². The fourth-order valence-electron chi connectivity index (χ4n) is 5.65. The highest BCUT2D eigenvalue weighted by Crippen LogP contribution is 2.40. The second-order valence-corrected chi connectivity index (χ2v) is 11.3. The average Bonchev–Trinajstić information content (AvgIpc) is 2.98. The van der Waals surface area contributed by atoms with Crippen molar-refractivity contribution in [1.82, 2.24) is 4.98 Å². The first-order chi connectivity index (χ1) is 20.5. The fourth-order valence-corrected chi connectivity index (χ4v) is 5.65. The minimum atomic E-state index is -0.438. The number of halogens is 3. The number of aromatic nitrogens is 1.